The van der Waals surface area contributed by atoms with Gasteiger partial charge in [-0.2, -0.15) is 8.78 Å². The van der Waals surface area contributed by atoms with Crippen molar-refractivity contribution in [3.63, 3.8) is 0 Å². The molecule has 0 aliphatic carbocycles. The van der Waals surface area contributed by atoms with E-state index in [1.165, 1.54) is 12.1 Å². The first-order chi connectivity index (χ1) is 15.0. The predicted octanol–water partition coefficient (Wildman–Crippen LogP) is 4.96. The Morgan fingerprint density at radius 2 is 1.55 bits per heavy atom. The molecule has 0 radical (unpaired) electrons. The number of hydrogen-bond acceptors (Lipinski definition) is 4. The molecule has 158 valence electrons. The van der Waals surface area contributed by atoms with Gasteiger partial charge >= 0.3 is 6.61 Å². The summed E-state index contributed by atoms with van der Waals surface area (Å²) in [6, 6.07) is 22.9. The first-order valence-corrected chi connectivity index (χ1v) is 9.86. The highest BCUT2D eigenvalue weighted by molar-refractivity contribution is 5.77. The summed E-state index contributed by atoms with van der Waals surface area (Å²) in [6.45, 7) is -0.957. The van der Waals surface area contributed by atoms with Crippen molar-refractivity contribution in [3.8, 4) is 5.75 Å². The van der Waals surface area contributed by atoms with Crippen LogP contribution in [0.25, 0.3) is 10.9 Å². The van der Waals surface area contributed by atoms with E-state index < -0.39 is 6.61 Å². The maximum Gasteiger partial charge on any atom is 0.387 e. The number of ether oxygens (including phenoxy) is 1. The molecule has 0 spiro atoms. The Labute approximate surface area is 177 Å². The molecule has 1 heterocycles. The number of halogens is 2. The van der Waals surface area contributed by atoms with E-state index in [0.29, 0.717) is 16.7 Å². The van der Waals surface area contributed by atoms with E-state index in [4.69, 9.17) is 0 Å². The van der Waals surface area contributed by atoms with Crippen molar-refractivity contribution in [1.82, 2.24) is 15.3 Å². The number of H-pyrrole nitrogens is 1. The summed E-state index contributed by atoms with van der Waals surface area (Å²) < 4.78 is 29.4. The van der Waals surface area contributed by atoms with Gasteiger partial charge in [-0.1, -0.05) is 54.6 Å². The van der Waals surface area contributed by atoms with Crippen LogP contribution in [0, 0.1) is 0 Å². The Morgan fingerprint density at radius 1 is 0.903 bits per heavy atom. The number of benzene rings is 3. The van der Waals surface area contributed by atoms with Crippen LogP contribution in [0.3, 0.4) is 0 Å². The molecule has 0 bridgehead atoms. The van der Waals surface area contributed by atoms with Crippen LogP contribution in [0.4, 0.5) is 8.78 Å². The number of rotatable bonds is 7. The topological polar surface area (TPSA) is 67.0 Å². The molecule has 0 amide bonds. The summed E-state index contributed by atoms with van der Waals surface area (Å²) in [6.07, 6.45) is 0. The minimum absolute atomic E-state index is 0.0964. The van der Waals surface area contributed by atoms with Gasteiger partial charge in [-0.15, -0.1) is 0 Å². The Balaban J connectivity index is 1.66. The lowest BCUT2D eigenvalue weighted by Crippen LogP contribution is -2.28. The molecule has 0 fully saturated rings. The molecule has 4 aromatic rings. The van der Waals surface area contributed by atoms with E-state index >= 15 is 0 Å². The van der Waals surface area contributed by atoms with Crippen molar-refractivity contribution in [1.29, 1.82) is 0 Å². The van der Waals surface area contributed by atoms with Crippen LogP contribution in [0.1, 0.15) is 36.0 Å². The molecule has 5 nitrogen and oxygen atoms in total. The third-order valence-corrected chi connectivity index (χ3v) is 5.03. The lowest BCUT2D eigenvalue weighted by molar-refractivity contribution is -0.0498. The molecule has 1 aromatic heterocycles. The molecule has 2 atom stereocenters. The molecule has 0 aliphatic heterocycles. The van der Waals surface area contributed by atoms with E-state index in [9.17, 15) is 13.6 Å². The lowest BCUT2D eigenvalue weighted by atomic mass is 9.97. The smallest absolute Gasteiger partial charge is 0.387 e. The van der Waals surface area contributed by atoms with E-state index in [1.807, 2.05) is 43.3 Å². The highest BCUT2D eigenvalue weighted by Gasteiger charge is 2.20. The van der Waals surface area contributed by atoms with Gasteiger partial charge in [0, 0.05) is 0 Å². The highest BCUT2D eigenvalue weighted by Crippen LogP contribution is 2.27. The quantitative estimate of drug-likeness (QED) is 0.442. The van der Waals surface area contributed by atoms with Crippen LogP contribution in [0.2, 0.25) is 0 Å². The molecule has 4 rings (SSSR count). The third kappa shape index (κ3) is 4.78. The maximum atomic E-state index is 12.5. The van der Waals surface area contributed by atoms with Crippen molar-refractivity contribution in [2.24, 2.45) is 0 Å². The fourth-order valence-electron chi connectivity index (χ4n) is 3.51. The largest absolute Gasteiger partial charge is 0.435 e. The number of nitrogens with zero attached hydrogens (tertiary/aromatic N) is 1. The molecule has 3 aromatic carbocycles. The molecular weight excluding hydrogens is 400 g/mol. The minimum Gasteiger partial charge on any atom is -0.435 e. The van der Waals surface area contributed by atoms with Crippen molar-refractivity contribution in [3.05, 3.63) is 106 Å². The summed E-state index contributed by atoms with van der Waals surface area (Å²) in [5.41, 5.74) is 2.28. The second-order valence-corrected chi connectivity index (χ2v) is 7.15. The standard InChI is InChI=1S/C24H21F2N3O2/c1-15(22-28-20-10-6-5-9-19(20)23(30)29-22)27-21(16-7-3-2-4-8-16)17-11-13-18(14-12-17)31-24(25)26/h2-15,21,24,27H,1H3,(H,28,29,30)/t15-,21-/m1/s1. The molecule has 0 saturated carbocycles. The number of aromatic amines is 1. The van der Waals surface area contributed by atoms with Gasteiger partial charge in [0.15, 0.2) is 0 Å². The predicted molar refractivity (Wildman–Crippen MR) is 115 cm³/mol. The molecule has 2 N–H and O–H groups in total. The Morgan fingerprint density at radius 3 is 2.26 bits per heavy atom. The average Bonchev–Trinajstić information content (AvgIpc) is 2.78. The second-order valence-electron chi connectivity index (χ2n) is 7.15. The first kappa shape index (κ1) is 20.7. The van der Waals surface area contributed by atoms with Gasteiger partial charge in [-0.05, 0) is 42.3 Å². The monoisotopic (exact) mass is 421 g/mol. The maximum absolute atomic E-state index is 12.5. The molecule has 0 unspecified atom stereocenters. The van der Waals surface area contributed by atoms with E-state index in [-0.39, 0.29) is 23.4 Å². The first-order valence-electron chi connectivity index (χ1n) is 9.86. The average molecular weight is 421 g/mol. The number of hydrogen-bond donors (Lipinski definition) is 2. The molecule has 31 heavy (non-hydrogen) atoms. The van der Waals surface area contributed by atoms with Crippen LogP contribution < -0.4 is 15.6 Å². The van der Waals surface area contributed by atoms with Crippen LogP contribution in [0.5, 0.6) is 5.75 Å². The van der Waals surface area contributed by atoms with Gasteiger partial charge in [0.25, 0.3) is 5.56 Å². The molecule has 0 saturated heterocycles. The number of alkyl halides is 2. The van der Waals surface area contributed by atoms with Crippen LogP contribution in [-0.2, 0) is 0 Å². The van der Waals surface area contributed by atoms with Crippen LogP contribution in [0.15, 0.2) is 83.7 Å². The van der Waals surface area contributed by atoms with E-state index in [0.717, 1.165) is 11.1 Å². The van der Waals surface area contributed by atoms with Crippen molar-refractivity contribution in [2.45, 2.75) is 25.6 Å². The summed E-state index contributed by atoms with van der Waals surface area (Å²) in [5.74, 6) is 0.612. The molecular formula is C24H21F2N3O2. The number of fused-ring (bicyclic) bond motifs is 1. The molecule has 0 aliphatic rings. The zero-order valence-electron chi connectivity index (χ0n) is 16.8. The zero-order valence-corrected chi connectivity index (χ0v) is 16.8. The number of aromatic nitrogens is 2. The summed E-state index contributed by atoms with van der Waals surface area (Å²) in [5, 5.41) is 4.03. The van der Waals surface area contributed by atoms with E-state index in [1.54, 1.807) is 30.3 Å². The van der Waals surface area contributed by atoms with Crippen LogP contribution in [-0.4, -0.2) is 16.6 Å². The summed E-state index contributed by atoms with van der Waals surface area (Å²) in [4.78, 5) is 19.9. The number of para-hydroxylation sites is 1. The van der Waals surface area contributed by atoms with Gasteiger partial charge in [0.05, 0.1) is 23.0 Å². The van der Waals surface area contributed by atoms with Gasteiger partial charge in [0.1, 0.15) is 11.6 Å². The van der Waals surface area contributed by atoms with Crippen molar-refractivity contribution < 1.29 is 13.5 Å². The van der Waals surface area contributed by atoms with E-state index in [2.05, 4.69) is 20.0 Å². The Kier molecular flexibility index (Phi) is 6.04. The van der Waals surface area contributed by atoms with Gasteiger partial charge in [0.2, 0.25) is 0 Å². The van der Waals surface area contributed by atoms with Gasteiger partial charge in [-0.25, -0.2) is 4.98 Å². The third-order valence-electron chi connectivity index (χ3n) is 5.03. The minimum atomic E-state index is -2.87. The zero-order chi connectivity index (χ0) is 21.8. The second kappa shape index (κ2) is 9.06. The fourth-order valence-corrected chi connectivity index (χ4v) is 3.51. The molecule has 7 heteroatoms. The highest BCUT2D eigenvalue weighted by atomic mass is 19.3. The van der Waals surface area contributed by atoms with Crippen molar-refractivity contribution >= 4 is 10.9 Å². The normalized spacial score (nSPS) is 13.3. The van der Waals surface area contributed by atoms with Gasteiger partial charge < -0.3 is 9.72 Å². The SMILES string of the molecule is C[C@@H](N[C@H](c1ccccc1)c1ccc(OC(F)F)cc1)c1nc2ccccc2c(=O)[nH]1. The Bertz CT molecular complexity index is 1210. The van der Waals surface area contributed by atoms with Crippen molar-refractivity contribution in [2.75, 3.05) is 0 Å². The lowest BCUT2D eigenvalue weighted by Gasteiger charge is -2.24. The Hall–Kier alpha value is -3.58. The van der Waals surface area contributed by atoms with Crippen LogP contribution >= 0.6 is 0 Å². The number of nitrogens with one attached hydrogen (secondary N) is 2. The fraction of sp³-hybridized carbons (Fsp3) is 0.167. The summed E-state index contributed by atoms with van der Waals surface area (Å²) >= 11 is 0. The van der Waals surface area contributed by atoms with Gasteiger partial charge in [-0.3, -0.25) is 10.1 Å². The summed E-state index contributed by atoms with van der Waals surface area (Å²) in [7, 11) is 0.